The zero-order valence-corrected chi connectivity index (χ0v) is 23.1. The van der Waals surface area contributed by atoms with E-state index < -0.39 is 0 Å². The molecule has 0 aromatic rings. The molecule has 4 aliphatic carbocycles. The maximum Gasteiger partial charge on any atom is 0.160 e. The highest BCUT2D eigenvalue weighted by Gasteiger charge is 2.62. The molecule has 0 unspecified atom stereocenters. The second kappa shape index (κ2) is 8.77. The molecule has 0 aliphatic heterocycles. The molecule has 172 valence electrons. The average Bonchev–Trinajstić information content (AvgIpc) is 3.03. The number of ketones is 1. The van der Waals surface area contributed by atoms with Crippen molar-refractivity contribution in [3.05, 3.63) is 0 Å². The molecule has 4 rings (SSSR count). The van der Waals surface area contributed by atoms with Crippen molar-refractivity contribution in [2.45, 2.75) is 108 Å². The van der Waals surface area contributed by atoms with Crippen LogP contribution in [0, 0.1) is 52.3 Å². The Morgan fingerprint density at radius 3 is 2.27 bits per heavy atom. The third-order valence-corrected chi connectivity index (χ3v) is 12.6. The van der Waals surface area contributed by atoms with Crippen molar-refractivity contribution in [1.82, 2.24) is 0 Å². The van der Waals surface area contributed by atoms with E-state index in [1.54, 1.807) is 0 Å². The summed E-state index contributed by atoms with van der Waals surface area (Å²) in [5, 5.41) is 0. The van der Waals surface area contributed by atoms with Crippen LogP contribution in [-0.2, 0) is 4.79 Å². The highest BCUT2D eigenvalue weighted by molar-refractivity contribution is 9.10. The zero-order chi connectivity index (χ0) is 21.8. The Balaban J connectivity index is 1.50. The summed E-state index contributed by atoms with van der Waals surface area (Å²) in [5.74, 6) is 6.23. The highest BCUT2D eigenvalue weighted by atomic mass is 79.9. The molecule has 0 saturated heterocycles. The fraction of sp³-hybridized carbons (Fsp3) is 0.963. The van der Waals surface area contributed by atoms with Gasteiger partial charge in [0, 0.05) is 0 Å². The van der Waals surface area contributed by atoms with Crippen LogP contribution >= 0.6 is 31.9 Å². The van der Waals surface area contributed by atoms with Crippen LogP contribution in [0.4, 0.5) is 0 Å². The quantitative estimate of drug-likeness (QED) is 0.318. The summed E-state index contributed by atoms with van der Waals surface area (Å²) >= 11 is 7.60. The lowest BCUT2D eigenvalue weighted by molar-refractivity contribution is -0.137. The van der Waals surface area contributed by atoms with Crippen LogP contribution in [-0.4, -0.2) is 15.4 Å². The van der Waals surface area contributed by atoms with E-state index in [1.165, 1.54) is 57.8 Å². The monoisotopic (exact) mass is 542 g/mol. The predicted octanol–water partition coefficient (Wildman–Crippen LogP) is 8.42. The molecule has 4 fully saturated rings. The van der Waals surface area contributed by atoms with Gasteiger partial charge in [0.25, 0.3) is 0 Å². The molecule has 0 heterocycles. The molecule has 4 aliphatic rings. The second-order valence-electron chi connectivity index (χ2n) is 12.6. The summed E-state index contributed by atoms with van der Waals surface area (Å²) in [7, 11) is 0. The van der Waals surface area contributed by atoms with E-state index in [0.29, 0.717) is 22.5 Å². The van der Waals surface area contributed by atoms with E-state index in [9.17, 15) is 4.79 Å². The van der Waals surface area contributed by atoms with E-state index in [2.05, 4.69) is 66.5 Å². The SMILES string of the molecule is CC(C)CCC[C@H](C)[C@@H]1CC[C@@H]2[C@H]3CC[C@H]4[C@H](Br)C(=O)[C@@H](Br)C[C@]4(C)[C@@H]3CC[C@]21C. The molecule has 0 radical (unpaired) electrons. The van der Waals surface area contributed by atoms with Crippen molar-refractivity contribution >= 4 is 37.6 Å². The number of hydrogen-bond acceptors (Lipinski definition) is 1. The van der Waals surface area contributed by atoms with Crippen LogP contribution in [0.1, 0.15) is 98.8 Å². The van der Waals surface area contributed by atoms with Crippen LogP contribution in [0.2, 0.25) is 0 Å². The number of halogens is 2. The minimum Gasteiger partial charge on any atom is -0.297 e. The van der Waals surface area contributed by atoms with Gasteiger partial charge in [0.15, 0.2) is 5.78 Å². The van der Waals surface area contributed by atoms with Crippen LogP contribution in [0.15, 0.2) is 0 Å². The molecule has 3 heteroatoms. The second-order valence-corrected chi connectivity index (χ2v) is 14.7. The molecule has 4 saturated carbocycles. The van der Waals surface area contributed by atoms with E-state index in [1.807, 2.05) is 0 Å². The Labute approximate surface area is 202 Å². The molecular formula is C27H44Br2O. The Morgan fingerprint density at radius 1 is 0.900 bits per heavy atom. The normalized spacial score (nSPS) is 49.5. The molecule has 0 aromatic carbocycles. The van der Waals surface area contributed by atoms with Crippen LogP contribution < -0.4 is 0 Å². The minimum atomic E-state index is 0.0486. The summed E-state index contributed by atoms with van der Waals surface area (Å²) in [6, 6.07) is 0. The number of alkyl halides is 2. The van der Waals surface area contributed by atoms with Gasteiger partial charge in [-0.05, 0) is 97.2 Å². The number of carbonyl (C=O) groups excluding carboxylic acids is 1. The minimum absolute atomic E-state index is 0.0486. The molecule has 30 heavy (non-hydrogen) atoms. The number of carbonyl (C=O) groups is 1. The van der Waals surface area contributed by atoms with Crippen molar-refractivity contribution in [1.29, 1.82) is 0 Å². The Bertz CT molecular complexity index is 647. The van der Waals surface area contributed by atoms with Gasteiger partial charge in [0.05, 0.1) is 9.65 Å². The van der Waals surface area contributed by atoms with Crippen LogP contribution in [0.3, 0.4) is 0 Å². The van der Waals surface area contributed by atoms with E-state index in [0.717, 1.165) is 41.9 Å². The molecule has 0 N–H and O–H groups in total. The first-order valence-corrected chi connectivity index (χ1v) is 14.7. The average molecular weight is 544 g/mol. The van der Waals surface area contributed by atoms with Gasteiger partial charge < -0.3 is 0 Å². The summed E-state index contributed by atoms with van der Waals surface area (Å²) in [5.41, 5.74) is 0.884. The molecular weight excluding hydrogens is 500 g/mol. The first kappa shape index (κ1) is 23.8. The Hall–Kier alpha value is 0.630. The Kier molecular flexibility index (Phi) is 6.95. The van der Waals surface area contributed by atoms with Crippen LogP contribution in [0.5, 0.6) is 0 Å². The summed E-state index contributed by atoms with van der Waals surface area (Å²) in [6.45, 7) is 12.5. The third kappa shape index (κ3) is 3.82. The smallest absolute Gasteiger partial charge is 0.160 e. The summed E-state index contributed by atoms with van der Waals surface area (Å²) in [4.78, 5) is 12.8. The fourth-order valence-electron chi connectivity index (χ4n) is 9.15. The van der Waals surface area contributed by atoms with Gasteiger partial charge in [0.1, 0.15) is 0 Å². The number of hydrogen-bond donors (Lipinski definition) is 0. The standard InChI is InChI=1S/C27H44Br2O/c1-16(2)7-6-8-17(3)19-11-12-20-18-9-10-22-24(29)25(30)23(28)15-27(22,5)21(18)13-14-26(19,20)4/h16-24H,6-15H2,1-5H3/t17-,18+,19-,20+,21+,22-,23-,24-,26-,27+/m0/s1. The predicted molar refractivity (Wildman–Crippen MR) is 134 cm³/mol. The highest BCUT2D eigenvalue weighted by Crippen LogP contribution is 2.68. The van der Waals surface area contributed by atoms with E-state index in [-0.39, 0.29) is 9.65 Å². The summed E-state index contributed by atoms with van der Waals surface area (Å²) < 4.78 is 0. The lowest BCUT2D eigenvalue weighted by Gasteiger charge is -2.61. The zero-order valence-electron chi connectivity index (χ0n) is 19.9. The first-order chi connectivity index (χ1) is 14.1. The van der Waals surface area contributed by atoms with Gasteiger partial charge in [-0.25, -0.2) is 0 Å². The molecule has 0 aromatic heterocycles. The van der Waals surface area contributed by atoms with Crippen molar-refractivity contribution in [3.63, 3.8) is 0 Å². The van der Waals surface area contributed by atoms with Crippen LogP contribution in [0.25, 0.3) is 0 Å². The molecule has 10 atom stereocenters. The molecule has 0 bridgehead atoms. The van der Waals surface area contributed by atoms with Gasteiger partial charge >= 0.3 is 0 Å². The van der Waals surface area contributed by atoms with Gasteiger partial charge in [0.2, 0.25) is 0 Å². The first-order valence-electron chi connectivity index (χ1n) is 12.9. The van der Waals surface area contributed by atoms with E-state index in [4.69, 9.17) is 0 Å². The Morgan fingerprint density at radius 2 is 1.57 bits per heavy atom. The van der Waals surface area contributed by atoms with Gasteiger partial charge in [-0.3, -0.25) is 4.79 Å². The molecule has 0 spiro atoms. The van der Waals surface area contributed by atoms with Crippen molar-refractivity contribution in [2.24, 2.45) is 52.3 Å². The van der Waals surface area contributed by atoms with Crippen molar-refractivity contribution in [3.8, 4) is 0 Å². The molecule has 1 nitrogen and oxygen atoms in total. The van der Waals surface area contributed by atoms with Gasteiger partial charge in [-0.2, -0.15) is 0 Å². The molecule has 0 amide bonds. The lowest BCUT2D eigenvalue weighted by Crippen LogP contribution is -2.58. The number of fused-ring (bicyclic) bond motifs is 5. The number of rotatable bonds is 5. The van der Waals surface area contributed by atoms with Gasteiger partial charge in [-0.1, -0.05) is 85.7 Å². The van der Waals surface area contributed by atoms with Crippen molar-refractivity contribution in [2.75, 3.05) is 0 Å². The van der Waals surface area contributed by atoms with Crippen molar-refractivity contribution < 1.29 is 4.79 Å². The summed E-state index contributed by atoms with van der Waals surface area (Å²) in [6.07, 6.45) is 13.6. The largest absolute Gasteiger partial charge is 0.297 e. The van der Waals surface area contributed by atoms with E-state index >= 15 is 0 Å². The number of Topliss-reactive ketones (excluding diaryl/α,β-unsaturated/α-hetero) is 1. The third-order valence-electron chi connectivity index (χ3n) is 10.7. The fourth-order valence-corrected chi connectivity index (χ4v) is 11.7. The topological polar surface area (TPSA) is 17.1 Å². The van der Waals surface area contributed by atoms with Gasteiger partial charge in [-0.15, -0.1) is 0 Å². The maximum atomic E-state index is 12.7. The lowest BCUT2D eigenvalue weighted by atomic mass is 9.44. The maximum absolute atomic E-state index is 12.7.